The molecule has 1 rings (SSSR count). The van der Waals surface area contributed by atoms with Crippen LogP contribution in [0.15, 0.2) is 18.9 Å². The molecule has 0 unspecified atom stereocenters. The van der Waals surface area contributed by atoms with E-state index < -0.39 is 0 Å². The molecule has 0 atom stereocenters. The molecule has 0 bridgehead atoms. The lowest BCUT2D eigenvalue weighted by Crippen LogP contribution is -1.86. The van der Waals surface area contributed by atoms with Crippen molar-refractivity contribution in [3.63, 3.8) is 0 Å². The second kappa shape index (κ2) is 6.23. The van der Waals surface area contributed by atoms with Crippen molar-refractivity contribution in [1.82, 2.24) is 9.55 Å². The van der Waals surface area contributed by atoms with E-state index in [1.54, 1.807) is 6.20 Å². The van der Waals surface area contributed by atoms with Gasteiger partial charge in [-0.15, -0.1) is 0 Å². The average molecular weight is 178 g/mol. The van der Waals surface area contributed by atoms with Gasteiger partial charge in [-0.2, -0.15) is 0 Å². The first kappa shape index (κ1) is 11.7. The summed E-state index contributed by atoms with van der Waals surface area (Å²) >= 11 is 0. The maximum atomic E-state index is 4.28. The fraction of sp³-hybridized carbons (Fsp3) is 0.364. The van der Waals surface area contributed by atoms with Gasteiger partial charge >= 0.3 is 0 Å². The lowest BCUT2D eigenvalue weighted by molar-refractivity contribution is 1.11. The summed E-state index contributed by atoms with van der Waals surface area (Å²) in [4.78, 5) is 4.28. The number of nitrogens with zero attached hydrogens (tertiary/aromatic N) is 2. The maximum absolute atomic E-state index is 4.28. The lowest BCUT2D eigenvalue weighted by atomic mass is 10.5. The van der Waals surface area contributed by atoms with E-state index in [-0.39, 0.29) is 0 Å². The zero-order chi connectivity index (χ0) is 10.3. The van der Waals surface area contributed by atoms with Gasteiger partial charge in [0.15, 0.2) is 0 Å². The SMILES string of the molecule is C=Cn1cc(C)nc1/C=C\C.CC. The quantitative estimate of drug-likeness (QED) is 0.679. The van der Waals surface area contributed by atoms with Crippen LogP contribution in [0.4, 0.5) is 0 Å². The molecule has 72 valence electrons. The minimum Gasteiger partial charge on any atom is -0.307 e. The lowest BCUT2D eigenvalue weighted by Gasteiger charge is -1.92. The summed E-state index contributed by atoms with van der Waals surface area (Å²) in [5.41, 5.74) is 1.01. The van der Waals surface area contributed by atoms with Crippen molar-refractivity contribution < 1.29 is 0 Å². The van der Waals surface area contributed by atoms with Crippen LogP contribution in [0.2, 0.25) is 0 Å². The Bertz CT molecular complexity index is 282. The van der Waals surface area contributed by atoms with E-state index in [2.05, 4.69) is 11.6 Å². The van der Waals surface area contributed by atoms with Gasteiger partial charge in [0.1, 0.15) is 5.82 Å². The Morgan fingerprint density at radius 3 is 2.54 bits per heavy atom. The normalized spacial score (nSPS) is 9.54. The van der Waals surface area contributed by atoms with E-state index in [0.29, 0.717) is 0 Å². The van der Waals surface area contributed by atoms with Gasteiger partial charge < -0.3 is 4.57 Å². The Hall–Kier alpha value is -1.31. The van der Waals surface area contributed by atoms with Gasteiger partial charge in [0.25, 0.3) is 0 Å². The van der Waals surface area contributed by atoms with Crippen LogP contribution in [-0.4, -0.2) is 9.55 Å². The highest BCUT2D eigenvalue weighted by atomic mass is 15.0. The molecule has 1 aromatic rings. The highest BCUT2D eigenvalue weighted by molar-refractivity contribution is 5.44. The number of imidazole rings is 1. The van der Waals surface area contributed by atoms with Gasteiger partial charge in [0.05, 0.1) is 5.69 Å². The Morgan fingerprint density at radius 1 is 1.46 bits per heavy atom. The van der Waals surface area contributed by atoms with Gasteiger partial charge in [0, 0.05) is 12.4 Å². The van der Waals surface area contributed by atoms with Crippen LogP contribution in [0.25, 0.3) is 12.3 Å². The van der Waals surface area contributed by atoms with Crippen LogP contribution >= 0.6 is 0 Å². The molecule has 0 aliphatic carbocycles. The van der Waals surface area contributed by atoms with Crippen LogP contribution in [0.3, 0.4) is 0 Å². The fourth-order valence-corrected chi connectivity index (χ4v) is 0.953. The molecule has 2 nitrogen and oxygen atoms in total. The topological polar surface area (TPSA) is 17.8 Å². The van der Waals surface area contributed by atoms with Gasteiger partial charge in [-0.05, 0) is 19.9 Å². The smallest absolute Gasteiger partial charge is 0.136 e. The summed E-state index contributed by atoms with van der Waals surface area (Å²) in [5, 5.41) is 0. The third-order valence-electron chi connectivity index (χ3n) is 1.39. The number of hydrogen-bond donors (Lipinski definition) is 0. The summed E-state index contributed by atoms with van der Waals surface area (Å²) in [6.45, 7) is 11.6. The molecule has 0 saturated carbocycles. The molecule has 0 spiro atoms. The van der Waals surface area contributed by atoms with Crippen LogP contribution in [0.5, 0.6) is 0 Å². The molecule has 0 N–H and O–H groups in total. The van der Waals surface area contributed by atoms with E-state index in [4.69, 9.17) is 0 Å². The number of rotatable bonds is 2. The number of allylic oxidation sites excluding steroid dienone is 1. The first-order valence-electron chi connectivity index (χ1n) is 4.58. The molecule has 13 heavy (non-hydrogen) atoms. The highest BCUT2D eigenvalue weighted by Gasteiger charge is 1.96. The number of aromatic nitrogens is 2. The molecule has 0 fully saturated rings. The Kier molecular flexibility index (Phi) is 5.60. The summed E-state index contributed by atoms with van der Waals surface area (Å²) in [6, 6.07) is 0. The highest BCUT2D eigenvalue weighted by Crippen LogP contribution is 2.04. The second-order valence-electron chi connectivity index (χ2n) is 2.33. The molecule has 0 amide bonds. The van der Waals surface area contributed by atoms with E-state index in [1.807, 2.05) is 50.6 Å². The van der Waals surface area contributed by atoms with Crippen molar-refractivity contribution in [2.45, 2.75) is 27.7 Å². The Balaban J connectivity index is 0.000000671. The number of aryl methyl sites for hydroxylation is 1. The molecular formula is C11H18N2. The average Bonchev–Trinajstić information content (AvgIpc) is 2.50. The minimum absolute atomic E-state index is 0.931. The van der Waals surface area contributed by atoms with Gasteiger partial charge in [-0.3, -0.25) is 0 Å². The van der Waals surface area contributed by atoms with Crippen molar-refractivity contribution in [3.05, 3.63) is 30.4 Å². The summed E-state index contributed by atoms with van der Waals surface area (Å²) in [6.07, 6.45) is 7.61. The second-order valence-corrected chi connectivity index (χ2v) is 2.33. The predicted molar refractivity (Wildman–Crippen MR) is 59.4 cm³/mol. The van der Waals surface area contributed by atoms with Gasteiger partial charge in [-0.25, -0.2) is 4.98 Å². The standard InChI is InChI=1S/C9H12N2.C2H6/c1-4-6-9-10-8(3)7-11(9)5-2;1-2/h4-7H,2H2,1,3H3;1-2H3/b6-4-;. The summed E-state index contributed by atoms with van der Waals surface area (Å²) < 4.78 is 1.90. The molecule has 2 heteroatoms. The molecule has 0 aliphatic rings. The summed E-state index contributed by atoms with van der Waals surface area (Å²) in [5.74, 6) is 0.931. The van der Waals surface area contributed by atoms with E-state index >= 15 is 0 Å². The van der Waals surface area contributed by atoms with Crippen molar-refractivity contribution in [2.24, 2.45) is 0 Å². The van der Waals surface area contributed by atoms with E-state index in [1.165, 1.54) is 0 Å². The molecular weight excluding hydrogens is 160 g/mol. The molecule has 0 radical (unpaired) electrons. The maximum Gasteiger partial charge on any atom is 0.136 e. The van der Waals surface area contributed by atoms with Crippen LogP contribution in [0.1, 0.15) is 32.3 Å². The van der Waals surface area contributed by atoms with E-state index in [9.17, 15) is 0 Å². The fourth-order valence-electron chi connectivity index (χ4n) is 0.953. The molecule has 0 aliphatic heterocycles. The molecule has 1 aromatic heterocycles. The zero-order valence-corrected chi connectivity index (χ0v) is 8.91. The number of hydrogen-bond acceptors (Lipinski definition) is 1. The Morgan fingerprint density at radius 2 is 2.08 bits per heavy atom. The molecule has 0 saturated heterocycles. The largest absolute Gasteiger partial charge is 0.307 e. The van der Waals surface area contributed by atoms with Crippen molar-refractivity contribution in [1.29, 1.82) is 0 Å². The van der Waals surface area contributed by atoms with Crippen molar-refractivity contribution in [3.8, 4) is 0 Å². The van der Waals surface area contributed by atoms with Crippen LogP contribution in [0, 0.1) is 6.92 Å². The zero-order valence-electron chi connectivity index (χ0n) is 8.91. The van der Waals surface area contributed by atoms with Crippen LogP contribution < -0.4 is 0 Å². The monoisotopic (exact) mass is 178 g/mol. The third-order valence-corrected chi connectivity index (χ3v) is 1.39. The molecule has 1 heterocycles. The first-order valence-corrected chi connectivity index (χ1v) is 4.58. The van der Waals surface area contributed by atoms with E-state index in [0.717, 1.165) is 11.5 Å². The van der Waals surface area contributed by atoms with Crippen molar-refractivity contribution in [2.75, 3.05) is 0 Å². The summed E-state index contributed by atoms with van der Waals surface area (Å²) in [7, 11) is 0. The minimum atomic E-state index is 0.931. The van der Waals surface area contributed by atoms with Crippen molar-refractivity contribution >= 4 is 12.3 Å². The van der Waals surface area contributed by atoms with Crippen LogP contribution in [-0.2, 0) is 0 Å². The first-order chi connectivity index (χ1) is 6.27. The predicted octanol–water partition coefficient (Wildman–Crippen LogP) is 3.35. The Labute approximate surface area is 80.6 Å². The van der Waals surface area contributed by atoms with Gasteiger partial charge in [-0.1, -0.05) is 26.5 Å². The van der Waals surface area contributed by atoms with Gasteiger partial charge in [0.2, 0.25) is 0 Å². The molecule has 0 aromatic carbocycles. The third kappa shape index (κ3) is 3.28.